The van der Waals surface area contributed by atoms with Crippen LogP contribution in [-0.2, 0) is 21.6 Å². The number of hydrogen-bond donors (Lipinski definition) is 1. The lowest BCUT2D eigenvalue weighted by Crippen LogP contribution is -2.38. The van der Waals surface area contributed by atoms with Crippen LogP contribution in [0.1, 0.15) is 32.5 Å². The van der Waals surface area contributed by atoms with Gasteiger partial charge in [0, 0.05) is 26.8 Å². The minimum absolute atomic E-state index is 0.233. The van der Waals surface area contributed by atoms with Crippen molar-refractivity contribution in [2.75, 3.05) is 34.0 Å². The molecule has 1 heterocycles. The summed E-state index contributed by atoms with van der Waals surface area (Å²) in [7, 11) is 3.37. The molecule has 0 aliphatic rings. The predicted octanol–water partition coefficient (Wildman–Crippen LogP) is 0.747. The van der Waals surface area contributed by atoms with Crippen molar-refractivity contribution in [2.24, 2.45) is 5.73 Å². The highest BCUT2D eigenvalue weighted by molar-refractivity contribution is 4.99. The van der Waals surface area contributed by atoms with Crippen LogP contribution in [0.3, 0.4) is 0 Å². The first kappa shape index (κ1) is 17.0. The van der Waals surface area contributed by atoms with Gasteiger partial charge in [-0.1, -0.05) is 5.16 Å². The van der Waals surface area contributed by atoms with E-state index in [1.165, 1.54) is 0 Å². The maximum absolute atomic E-state index is 5.95. The standard InChI is InChI=1S/C13H26N4O3/c1-10(9-19-5)17(6-7-18-4)8-11-15-12(16-20-11)13(2,3)14/h10H,6-9,14H2,1-5H3. The average molecular weight is 286 g/mol. The van der Waals surface area contributed by atoms with Crippen molar-refractivity contribution < 1.29 is 14.0 Å². The molecule has 0 aliphatic carbocycles. The Morgan fingerprint density at radius 1 is 1.35 bits per heavy atom. The van der Waals surface area contributed by atoms with Crippen molar-refractivity contribution in [3.8, 4) is 0 Å². The second kappa shape index (κ2) is 7.68. The minimum atomic E-state index is -0.600. The minimum Gasteiger partial charge on any atom is -0.383 e. The Morgan fingerprint density at radius 3 is 2.55 bits per heavy atom. The van der Waals surface area contributed by atoms with Gasteiger partial charge in [-0.2, -0.15) is 4.98 Å². The van der Waals surface area contributed by atoms with E-state index < -0.39 is 5.54 Å². The highest BCUT2D eigenvalue weighted by Crippen LogP contribution is 2.14. The molecule has 116 valence electrons. The highest BCUT2D eigenvalue weighted by atomic mass is 16.5. The van der Waals surface area contributed by atoms with Gasteiger partial charge in [-0.15, -0.1) is 0 Å². The Morgan fingerprint density at radius 2 is 2.05 bits per heavy atom. The Kier molecular flexibility index (Phi) is 6.54. The van der Waals surface area contributed by atoms with Gasteiger partial charge in [-0.25, -0.2) is 0 Å². The van der Waals surface area contributed by atoms with E-state index >= 15 is 0 Å². The fourth-order valence-corrected chi connectivity index (χ4v) is 1.76. The third-order valence-corrected chi connectivity index (χ3v) is 3.00. The molecule has 20 heavy (non-hydrogen) atoms. The molecular formula is C13H26N4O3. The zero-order chi connectivity index (χ0) is 15.2. The summed E-state index contributed by atoms with van der Waals surface area (Å²) in [5, 5.41) is 3.93. The Hall–Kier alpha value is -1.02. The summed E-state index contributed by atoms with van der Waals surface area (Å²) < 4.78 is 15.6. The molecule has 1 aromatic rings. The lowest BCUT2D eigenvalue weighted by Gasteiger charge is -2.26. The van der Waals surface area contributed by atoms with Crippen molar-refractivity contribution in [3.05, 3.63) is 11.7 Å². The molecule has 0 aromatic carbocycles. The zero-order valence-corrected chi connectivity index (χ0v) is 13.0. The molecule has 1 unspecified atom stereocenters. The number of hydrogen-bond acceptors (Lipinski definition) is 7. The van der Waals surface area contributed by atoms with Crippen LogP contribution in [0.15, 0.2) is 4.52 Å². The van der Waals surface area contributed by atoms with Crippen LogP contribution in [-0.4, -0.2) is 55.1 Å². The summed E-state index contributed by atoms with van der Waals surface area (Å²) in [5.74, 6) is 1.07. The van der Waals surface area contributed by atoms with Gasteiger partial charge in [0.2, 0.25) is 5.89 Å². The van der Waals surface area contributed by atoms with Crippen molar-refractivity contribution in [2.45, 2.75) is 38.9 Å². The van der Waals surface area contributed by atoms with Crippen LogP contribution in [0.4, 0.5) is 0 Å². The molecule has 0 saturated heterocycles. The molecule has 7 nitrogen and oxygen atoms in total. The third-order valence-electron chi connectivity index (χ3n) is 3.00. The van der Waals surface area contributed by atoms with Gasteiger partial charge in [0.1, 0.15) is 0 Å². The Bertz CT molecular complexity index is 389. The van der Waals surface area contributed by atoms with Gasteiger partial charge in [0.25, 0.3) is 0 Å². The SMILES string of the molecule is COCCN(Cc1nc(C(C)(C)N)no1)C(C)COC. The average Bonchev–Trinajstić information content (AvgIpc) is 2.83. The molecule has 0 fully saturated rings. The predicted molar refractivity (Wildman–Crippen MR) is 75.1 cm³/mol. The topological polar surface area (TPSA) is 86.6 Å². The van der Waals surface area contributed by atoms with Crippen LogP contribution < -0.4 is 5.73 Å². The van der Waals surface area contributed by atoms with Crippen LogP contribution >= 0.6 is 0 Å². The molecule has 0 bridgehead atoms. The smallest absolute Gasteiger partial charge is 0.240 e. The Labute approximate surface area is 120 Å². The molecule has 1 rings (SSSR count). The van der Waals surface area contributed by atoms with Crippen LogP contribution in [0.5, 0.6) is 0 Å². The molecule has 0 saturated carbocycles. The summed E-state index contributed by atoms with van der Waals surface area (Å²) in [6.07, 6.45) is 0. The van der Waals surface area contributed by atoms with E-state index in [9.17, 15) is 0 Å². The van der Waals surface area contributed by atoms with E-state index in [0.717, 1.165) is 6.54 Å². The van der Waals surface area contributed by atoms with Gasteiger partial charge < -0.3 is 19.7 Å². The molecule has 7 heteroatoms. The Balaban J connectivity index is 2.70. The fourth-order valence-electron chi connectivity index (χ4n) is 1.76. The summed E-state index contributed by atoms with van der Waals surface area (Å²) in [5.41, 5.74) is 5.35. The summed E-state index contributed by atoms with van der Waals surface area (Å²) in [6, 6.07) is 0.233. The van der Waals surface area contributed by atoms with E-state index in [2.05, 4.69) is 22.0 Å². The molecule has 1 aromatic heterocycles. The first-order valence-corrected chi connectivity index (χ1v) is 6.72. The van der Waals surface area contributed by atoms with Gasteiger partial charge in [0.05, 0.1) is 25.3 Å². The van der Waals surface area contributed by atoms with Crippen molar-refractivity contribution in [1.82, 2.24) is 15.0 Å². The molecule has 0 aliphatic heterocycles. The maximum atomic E-state index is 5.95. The van der Waals surface area contributed by atoms with Crippen LogP contribution in [0.2, 0.25) is 0 Å². The van der Waals surface area contributed by atoms with Gasteiger partial charge in [-0.3, -0.25) is 4.90 Å². The van der Waals surface area contributed by atoms with Crippen LogP contribution in [0.25, 0.3) is 0 Å². The lowest BCUT2D eigenvalue weighted by atomic mass is 10.1. The quantitative estimate of drug-likeness (QED) is 0.716. The maximum Gasteiger partial charge on any atom is 0.240 e. The van der Waals surface area contributed by atoms with E-state index in [0.29, 0.717) is 31.5 Å². The molecule has 0 spiro atoms. The van der Waals surface area contributed by atoms with E-state index in [1.54, 1.807) is 14.2 Å². The zero-order valence-electron chi connectivity index (χ0n) is 13.0. The van der Waals surface area contributed by atoms with Crippen molar-refractivity contribution in [1.29, 1.82) is 0 Å². The van der Waals surface area contributed by atoms with Gasteiger partial charge in [-0.05, 0) is 20.8 Å². The molecule has 0 radical (unpaired) electrons. The fraction of sp³-hybridized carbons (Fsp3) is 0.846. The second-order valence-electron chi connectivity index (χ2n) is 5.50. The van der Waals surface area contributed by atoms with Crippen LogP contribution in [0, 0.1) is 0 Å². The number of rotatable bonds is 9. The largest absolute Gasteiger partial charge is 0.383 e. The molecule has 1 atom stereocenters. The molecule has 2 N–H and O–H groups in total. The van der Waals surface area contributed by atoms with E-state index in [4.69, 9.17) is 19.7 Å². The van der Waals surface area contributed by atoms with E-state index in [1.807, 2.05) is 13.8 Å². The number of ether oxygens (including phenoxy) is 2. The summed E-state index contributed by atoms with van der Waals surface area (Å²) in [4.78, 5) is 6.52. The first-order chi connectivity index (χ1) is 9.38. The highest BCUT2D eigenvalue weighted by Gasteiger charge is 2.23. The van der Waals surface area contributed by atoms with Gasteiger partial charge in [0.15, 0.2) is 5.82 Å². The first-order valence-electron chi connectivity index (χ1n) is 6.72. The molecule has 0 amide bonds. The lowest BCUT2D eigenvalue weighted by molar-refractivity contribution is 0.0639. The van der Waals surface area contributed by atoms with Gasteiger partial charge >= 0.3 is 0 Å². The monoisotopic (exact) mass is 286 g/mol. The van der Waals surface area contributed by atoms with Crippen molar-refractivity contribution in [3.63, 3.8) is 0 Å². The normalized spacial score (nSPS) is 13.9. The number of aromatic nitrogens is 2. The number of nitrogens with zero attached hydrogens (tertiary/aromatic N) is 3. The summed E-state index contributed by atoms with van der Waals surface area (Å²) >= 11 is 0. The number of methoxy groups -OCH3 is 2. The number of nitrogens with two attached hydrogens (primary N) is 1. The third kappa shape index (κ3) is 5.16. The molecular weight excluding hydrogens is 260 g/mol. The van der Waals surface area contributed by atoms with E-state index in [-0.39, 0.29) is 6.04 Å². The second-order valence-corrected chi connectivity index (χ2v) is 5.50. The summed E-state index contributed by atoms with van der Waals surface area (Å²) in [6.45, 7) is 8.37. The van der Waals surface area contributed by atoms with Crippen molar-refractivity contribution >= 4 is 0 Å².